The lowest BCUT2D eigenvalue weighted by Crippen LogP contribution is -2.21. The van der Waals surface area contributed by atoms with E-state index in [0.717, 1.165) is 33.6 Å². The Hall–Kier alpha value is -4.89. The summed E-state index contributed by atoms with van der Waals surface area (Å²) in [6.45, 7) is 3.66. The third-order valence-electron chi connectivity index (χ3n) is 6.05. The van der Waals surface area contributed by atoms with Crippen LogP contribution >= 0.6 is 0 Å². The number of pyridine rings is 1. The molecular formula is C30H32N6O6S2. The first-order chi connectivity index (χ1) is 20.6. The molecule has 0 fully saturated rings. The van der Waals surface area contributed by atoms with Crippen LogP contribution in [0.1, 0.15) is 16.7 Å². The van der Waals surface area contributed by atoms with Crippen molar-refractivity contribution in [3.05, 3.63) is 120 Å². The van der Waals surface area contributed by atoms with Crippen LogP contribution in [0.25, 0.3) is 16.9 Å². The monoisotopic (exact) mass is 636 g/mol. The molecule has 0 aliphatic heterocycles. The summed E-state index contributed by atoms with van der Waals surface area (Å²) >= 11 is 0. The van der Waals surface area contributed by atoms with E-state index in [4.69, 9.17) is 16.0 Å². The van der Waals surface area contributed by atoms with Gasteiger partial charge in [-0.3, -0.25) is 4.55 Å². The average Bonchev–Trinajstić information content (AvgIpc) is 3.30. The number of hydrogen-bond donors (Lipinski definition) is 3. The van der Waals surface area contributed by atoms with Gasteiger partial charge < -0.3 is 16.0 Å². The quantitative estimate of drug-likeness (QED) is 0.0859. The Morgan fingerprint density at radius 3 is 1.86 bits per heavy atom. The van der Waals surface area contributed by atoms with Crippen LogP contribution in [-0.4, -0.2) is 42.7 Å². The Bertz CT molecular complexity index is 1910. The van der Waals surface area contributed by atoms with E-state index in [2.05, 4.69) is 38.5 Å². The number of aryl methyl sites for hydroxylation is 3. The van der Waals surface area contributed by atoms with Gasteiger partial charge in [-0.1, -0.05) is 53.6 Å². The molecule has 3 aromatic carbocycles. The third kappa shape index (κ3) is 9.84. The largest absolute Gasteiger partial charge is 0.744 e. The lowest BCUT2D eigenvalue weighted by Gasteiger charge is -2.05. The molecule has 230 valence electrons. The van der Waals surface area contributed by atoms with Crippen LogP contribution in [0, 0.1) is 13.8 Å². The van der Waals surface area contributed by atoms with Gasteiger partial charge in [-0.25, -0.2) is 17.4 Å². The number of nitrogens with two attached hydrogens (primary N) is 2. The number of guanidine groups is 1. The fourth-order valence-electron chi connectivity index (χ4n) is 3.77. The molecule has 2 aromatic heterocycles. The molecule has 14 heteroatoms. The maximum atomic E-state index is 10.5. The molecule has 5 aromatic rings. The van der Waals surface area contributed by atoms with E-state index in [1.165, 1.54) is 24.3 Å². The van der Waals surface area contributed by atoms with Crippen molar-refractivity contribution in [1.82, 2.24) is 4.57 Å². The summed E-state index contributed by atoms with van der Waals surface area (Å²) in [6.07, 6.45) is 5.76. The zero-order valence-electron chi connectivity index (χ0n) is 24.1. The molecule has 0 saturated carbocycles. The van der Waals surface area contributed by atoms with Crippen molar-refractivity contribution < 1.29 is 30.3 Å². The Labute approximate surface area is 256 Å². The molecule has 0 saturated heterocycles. The smallest absolute Gasteiger partial charge is 0.294 e. The molecule has 2 heterocycles. The molecular weight excluding hydrogens is 604 g/mol. The van der Waals surface area contributed by atoms with E-state index in [-0.39, 0.29) is 15.8 Å². The van der Waals surface area contributed by atoms with Crippen LogP contribution in [0.15, 0.2) is 123 Å². The number of rotatable bonds is 5. The Morgan fingerprint density at radius 1 is 0.841 bits per heavy atom. The third-order valence-corrected chi connectivity index (χ3v) is 7.77. The molecule has 5 rings (SSSR count). The van der Waals surface area contributed by atoms with Gasteiger partial charge in [0, 0.05) is 11.6 Å². The second-order valence-electron chi connectivity index (χ2n) is 9.49. The van der Waals surface area contributed by atoms with Crippen molar-refractivity contribution in [2.24, 2.45) is 28.7 Å². The highest BCUT2D eigenvalue weighted by atomic mass is 32.2. The van der Waals surface area contributed by atoms with Gasteiger partial charge in [0.05, 0.1) is 29.3 Å². The van der Waals surface area contributed by atoms with Gasteiger partial charge in [0.15, 0.2) is 5.69 Å². The van der Waals surface area contributed by atoms with Crippen LogP contribution in [0.4, 0.5) is 0 Å². The Kier molecular flexibility index (Phi) is 11.1. The summed E-state index contributed by atoms with van der Waals surface area (Å²) in [5, 5.41) is 7.38. The van der Waals surface area contributed by atoms with Gasteiger partial charge >= 0.3 is 0 Å². The highest BCUT2D eigenvalue weighted by Gasteiger charge is 2.14. The molecule has 12 nitrogen and oxygen atoms in total. The number of hydrogen-bond acceptors (Lipinski definition) is 7. The number of fused-ring (bicyclic) bond motifs is 1. The minimum absolute atomic E-state index is 0.0552. The fourth-order valence-corrected chi connectivity index (χ4v) is 4.72. The summed E-state index contributed by atoms with van der Waals surface area (Å²) in [5.74, 6) is -0.0552. The molecule has 0 amide bonds. The number of aromatic nitrogens is 2. The predicted octanol–water partition coefficient (Wildman–Crippen LogP) is 3.18. The predicted molar refractivity (Wildman–Crippen MR) is 168 cm³/mol. The van der Waals surface area contributed by atoms with Crippen LogP contribution in [0.3, 0.4) is 0 Å². The summed E-state index contributed by atoms with van der Waals surface area (Å²) in [7, 11) is -6.23. The lowest BCUT2D eigenvalue weighted by molar-refractivity contribution is -0.510. The van der Waals surface area contributed by atoms with Crippen molar-refractivity contribution in [3.8, 4) is 11.3 Å². The summed E-state index contributed by atoms with van der Waals surface area (Å²) in [4.78, 5) is -0.244. The molecule has 5 N–H and O–H groups in total. The highest BCUT2D eigenvalue weighted by molar-refractivity contribution is 7.86. The van der Waals surface area contributed by atoms with E-state index in [9.17, 15) is 21.4 Å². The Balaban J connectivity index is 0.000000202. The first-order valence-corrected chi connectivity index (χ1v) is 15.7. The van der Waals surface area contributed by atoms with Gasteiger partial charge in [-0.2, -0.15) is 13.5 Å². The molecule has 0 radical (unpaired) electrons. The minimum Gasteiger partial charge on any atom is -0.744 e. The maximum absolute atomic E-state index is 10.5. The molecule has 0 bridgehead atoms. The highest BCUT2D eigenvalue weighted by Crippen LogP contribution is 2.19. The summed E-state index contributed by atoms with van der Waals surface area (Å²) < 4.78 is 65.0. The van der Waals surface area contributed by atoms with E-state index in [0.29, 0.717) is 0 Å². The van der Waals surface area contributed by atoms with Crippen molar-refractivity contribution in [2.75, 3.05) is 0 Å². The molecule has 0 unspecified atom stereocenters. The van der Waals surface area contributed by atoms with Gasteiger partial charge in [0.1, 0.15) is 16.3 Å². The maximum Gasteiger partial charge on any atom is 0.294 e. The number of benzene rings is 3. The average molecular weight is 637 g/mol. The number of nitrogens with zero attached hydrogens (tertiary/aromatic N) is 4. The van der Waals surface area contributed by atoms with Crippen molar-refractivity contribution in [2.45, 2.75) is 23.6 Å². The SMILES string of the molecule is Cc1ccc(S(=O)(=O)O)cc1.Cc1ccc(S(=O)(=O)[O-])cc1.Cn1c(-c2ccc(/C=N\N=C(N)N)cc2)c[n+]2ccccc12. The molecule has 0 atom stereocenters. The summed E-state index contributed by atoms with van der Waals surface area (Å²) in [6, 6.07) is 25.9. The van der Waals surface area contributed by atoms with Crippen molar-refractivity contribution in [3.63, 3.8) is 0 Å². The van der Waals surface area contributed by atoms with Gasteiger partial charge in [0.2, 0.25) is 5.96 Å². The standard InChI is InChI=1S/C16H17N6.2C7H8O3S/c1-21-14(11-22-9-3-2-4-15(21)22)13-7-5-12(6-8-13)10-19-20-16(17)18;2*1-6-2-4-7(5-3-6)11(8,9)10/h2-11H,1H3,(H4,17,18,20);2*2-5H,1H3,(H,8,9,10)/q+1;;/p-1/b19-10-;;. The van der Waals surface area contributed by atoms with E-state index in [1.54, 1.807) is 30.5 Å². The zero-order chi connectivity index (χ0) is 32.5. The van der Waals surface area contributed by atoms with Gasteiger partial charge in [-0.15, -0.1) is 5.10 Å². The fraction of sp³-hybridized carbons (Fsp3) is 0.100. The molecule has 0 aliphatic rings. The topological polar surface area (TPSA) is 197 Å². The van der Waals surface area contributed by atoms with Crippen LogP contribution in [0.2, 0.25) is 0 Å². The molecule has 0 spiro atoms. The van der Waals surface area contributed by atoms with Crippen molar-refractivity contribution in [1.29, 1.82) is 0 Å². The lowest BCUT2D eigenvalue weighted by atomic mass is 10.1. The Morgan fingerprint density at radius 2 is 1.39 bits per heavy atom. The second-order valence-corrected chi connectivity index (χ2v) is 12.3. The van der Waals surface area contributed by atoms with Crippen LogP contribution in [0.5, 0.6) is 0 Å². The van der Waals surface area contributed by atoms with Gasteiger partial charge in [0.25, 0.3) is 15.8 Å². The molecule has 0 aliphatic carbocycles. The second kappa shape index (κ2) is 14.5. The zero-order valence-corrected chi connectivity index (χ0v) is 25.8. The van der Waals surface area contributed by atoms with E-state index >= 15 is 0 Å². The van der Waals surface area contributed by atoms with Crippen molar-refractivity contribution >= 4 is 38.1 Å². The number of imidazole rings is 1. The van der Waals surface area contributed by atoms with Crippen LogP contribution in [-0.2, 0) is 27.3 Å². The molecule has 44 heavy (non-hydrogen) atoms. The summed E-state index contributed by atoms with van der Waals surface area (Å²) in [5.41, 5.74) is 16.7. The van der Waals surface area contributed by atoms with Gasteiger partial charge in [-0.05, 0) is 61.9 Å². The van der Waals surface area contributed by atoms with Crippen LogP contribution < -0.4 is 15.9 Å². The van der Waals surface area contributed by atoms with E-state index in [1.807, 2.05) is 56.4 Å². The first-order valence-electron chi connectivity index (χ1n) is 12.9. The normalized spacial score (nSPS) is 11.3. The first kappa shape index (κ1) is 33.6. The minimum atomic E-state index is -4.27. The van der Waals surface area contributed by atoms with E-state index < -0.39 is 20.2 Å².